The zero-order valence-electron chi connectivity index (χ0n) is 22.7. The van der Waals surface area contributed by atoms with Gasteiger partial charge in [-0.25, -0.2) is 18.2 Å². The van der Waals surface area contributed by atoms with Gasteiger partial charge in [0.15, 0.2) is 0 Å². The van der Waals surface area contributed by atoms with E-state index in [9.17, 15) is 14.3 Å². The molecule has 0 amide bonds. The number of benzene rings is 1. The minimum Gasteiger partial charge on any atom is -0.480 e. The zero-order valence-corrected chi connectivity index (χ0v) is 22.7. The van der Waals surface area contributed by atoms with E-state index in [1.165, 1.54) is 17.7 Å². The summed E-state index contributed by atoms with van der Waals surface area (Å²) in [6, 6.07) is 7.11. The maximum absolute atomic E-state index is 15.3. The van der Waals surface area contributed by atoms with E-state index in [0.29, 0.717) is 38.9 Å². The molecule has 2 saturated heterocycles. The molecule has 0 unspecified atom stereocenters. The van der Waals surface area contributed by atoms with Gasteiger partial charge in [0.25, 0.3) is 5.92 Å². The highest BCUT2D eigenvalue weighted by Gasteiger charge is 2.45. The minimum absolute atomic E-state index is 0.0602. The SMILES string of the molecule is O=C(O)[C@@H](c1cccc(F)c1CO[C@@H]1CCOC1)N1CC[C@@H](C(F)(F)CCCCc2ccc3c(n2)NCCC3)C1. The Morgan fingerprint density at radius 1 is 1.25 bits per heavy atom. The van der Waals surface area contributed by atoms with Gasteiger partial charge in [-0.1, -0.05) is 18.2 Å². The quantitative estimate of drug-likeness (QED) is 0.337. The molecule has 2 N–H and O–H groups in total. The number of aromatic nitrogens is 1. The van der Waals surface area contributed by atoms with Crippen molar-refractivity contribution < 1.29 is 32.5 Å². The number of fused-ring (bicyclic) bond motifs is 1. The Kier molecular flexibility index (Phi) is 9.27. The molecular formula is C30H38F3N3O4. The van der Waals surface area contributed by atoms with Crippen LogP contribution in [0.1, 0.15) is 67.0 Å². The summed E-state index contributed by atoms with van der Waals surface area (Å²) in [5.41, 5.74) is 2.52. The third-order valence-electron chi connectivity index (χ3n) is 8.36. The van der Waals surface area contributed by atoms with Gasteiger partial charge >= 0.3 is 5.97 Å². The molecule has 3 aliphatic rings. The van der Waals surface area contributed by atoms with Crippen molar-refractivity contribution in [3.05, 3.63) is 58.5 Å². The number of nitrogens with zero attached hydrogens (tertiary/aromatic N) is 2. The first-order valence-electron chi connectivity index (χ1n) is 14.4. The normalized spacial score (nSPS) is 22.2. The summed E-state index contributed by atoms with van der Waals surface area (Å²) >= 11 is 0. The highest BCUT2D eigenvalue weighted by molar-refractivity contribution is 5.76. The monoisotopic (exact) mass is 561 g/mol. The second kappa shape index (κ2) is 12.9. The number of pyridine rings is 1. The van der Waals surface area contributed by atoms with Crippen molar-refractivity contribution in [1.82, 2.24) is 9.88 Å². The number of carboxylic acids is 1. The lowest BCUT2D eigenvalue weighted by molar-refractivity contribution is -0.143. The molecule has 2 aromatic rings. The molecule has 3 aliphatic heterocycles. The average Bonchev–Trinajstić information content (AvgIpc) is 3.64. The predicted octanol–water partition coefficient (Wildman–Crippen LogP) is 5.38. The van der Waals surface area contributed by atoms with Crippen LogP contribution in [0, 0.1) is 11.7 Å². The molecule has 1 aromatic heterocycles. The molecule has 218 valence electrons. The number of likely N-dealkylation sites (tertiary alicyclic amines) is 1. The van der Waals surface area contributed by atoms with Crippen LogP contribution in [-0.4, -0.2) is 65.8 Å². The van der Waals surface area contributed by atoms with E-state index in [-0.39, 0.29) is 49.8 Å². The molecule has 7 nitrogen and oxygen atoms in total. The van der Waals surface area contributed by atoms with E-state index in [1.807, 2.05) is 6.07 Å². The lowest BCUT2D eigenvalue weighted by Gasteiger charge is -2.28. The smallest absolute Gasteiger partial charge is 0.325 e. The van der Waals surface area contributed by atoms with Crippen LogP contribution in [0.5, 0.6) is 0 Å². The summed E-state index contributed by atoms with van der Waals surface area (Å²) in [7, 11) is 0. The number of hydrogen-bond donors (Lipinski definition) is 2. The molecule has 4 heterocycles. The summed E-state index contributed by atoms with van der Waals surface area (Å²) in [5.74, 6) is -4.71. The number of aliphatic carboxylic acids is 1. The van der Waals surface area contributed by atoms with E-state index in [2.05, 4.69) is 16.4 Å². The fraction of sp³-hybridized carbons (Fsp3) is 0.600. The summed E-state index contributed by atoms with van der Waals surface area (Å²) in [6.07, 6.45) is 4.14. The highest BCUT2D eigenvalue weighted by Crippen LogP contribution is 2.40. The number of carboxylic acid groups (broad SMARTS) is 1. The largest absolute Gasteiger partial charge is 0.480 e. The van der Waals surface area contributed by atoms with E-state index >= 15 is 8.78 Å². The fourth-order valence-corrected chi connectivity index (χ4v) is 6.06. The molecule has 0 saturated carbocycles. The summed E-state index contributed by atoms with van der Waals surface area (Å²) < 4.78 is 56.4. The lowest BCUT2D eigenvalue weighted by Crippen LogP contribution is -2.36. The standard InChI is InChI=1S/C30H38F3N3O4/c31-26-8-3-7-24(25(26)19-40-23-12-16-39-18-23)27(29(37)38)36-15-11-21(17-36)30(32,33)13-2-1-6-22-10-9-20-5-4-14-34-28(20)35-22/h3,7-10,21,23,27H,1-2,4-6,11-19H2,(H,34,35)(H,37,38)/t21-,23-,27-/m1/s1. The van der Waals surface area contributed by atoms with Gasteiger partial charge in [0.2, 0.25) is 0 Å². The van der Waals surface area contributed by atoms with E-state index in [0.717, 1.165) is 30.9 Å². The van der Waals surface area contributed by atoms with Crippen LogP contribution < -0.4 is 5.32 Å². The van der Waals surface area contributed by atoms with Gasteiger partial charge in [0.1, 0.15) is 17.7 Å². The van der Waals surface area contributed by atoms with Gasteiger partial charge < -0.3 is 19.9 Å². The van der Waals surface area contributed by atoms with Crippen molar-refractivity contribution in [3.8, 4) is 0 Å². The van der Waals surface area contributed by atoms with Crippen LogP contribution in [0.15, 0.2) is 30.3 Å². The number of rotatable bonds is 12. The molecule has 3 atom stereocenters. The first-order valence-corrected chi connectivity index (χ1v) is 14.4. The maximum Gasteiger partial charge on any atom is 0.325 e. The van der Waals surface area contributed by atoms with Crippen molar-refractivity contribution in [3.63, 3.8) is 0 Å². The Hall–Kier alpha value is -2.69. The second-order valence-electron chi connectivity index (χ2n) is 11.1. The first-order chi connectivity index (χ1) is 19.3. The maximum atomic E-state index is 15.3. The Bertz CT molecular complexity index is 1170. The highest BCUT2D eigenvalue weighted by atomic mass is 19.3. The summed E-state index contributed by atoms with van der Waals surface area (Å²) in [4.78, 5) is 18.6. The number of aryl methyl sites for hydroxylation is 2. The second-order valence-corrected chi connectivity index (χ2v) is 11.1. The van der Waals surface area contributed by atoms with E-state index in [4.69, 9.17) is 9.47 Å². The molecule has 1 aromatic carbocycles. The Balaban J connectivity index is 1.17. The molecule has 0 bridgehead atoms. The van der Waals surface area contributed by atoms with Crippen molar-refractivity contribution >= 4 is 11.8 Å². The number of alkyl halides is 2. The number of anilines is 1. The van der Waals surface area contributed by atoms with Crippen molar-refractivity contribution in [2.75, 3.05) is 38.2 Å². The molecule has 0 radical (unpaired) electrons. The van der Waals surface area contributed by atoms with Gasteiger partial charge in [-0.05, 0) is 74.8 Å². The van der Waals surface area contributed by atoms with Crippen LogP contribution in [0.4, 0.5) is 19.0 Å². The van der Waals surface area contributed by atoms with Gasteiger partial charge in [-0.3, -0.25) is 9.69 Å². The summed E-state index contributed by atoms with van der Waals surface area (Å²) in [5, 5.41) is 13.4. The van der Waals surface area contributed by atoms with Gasteiger partial charge in [0, 0.05) is 43.3 Å². The molecule has 0 aliphatic carbocycles. The number of ether oxygens (including phenoxy) is 2. The average molecular weight is 562 g/mol. The third-order valence-corrected chi connectivity index (χ3v) is 8.36. The molecule has 0 spiro atoms. The summed E-state index contributed by atoms with van der Waals surface area (Å²) in [6.45, 7) is 1.93. The van der Waals surface area contributed by atoms with Crippen LogP contribution in [0.3, 0.4) is 0 Å². The Morgan fingerprint density at radius 3 is 2.92 bits per heavy atom. The molecule has 10 heteroatoms. The third kappa shape index (κ3) is 6.78. The van der Waals surface area contributed by atoms with E-state index < -0.39 is 29.7 Å². The Morgan fingerprint density at radius 2 is 2.12 bits per heavy atom. The van der Waals surface area contributed by atoms with Crippen LogP contribution in [0.25, 0.3) is 0 Å². The molecule has 5 rings (SSSR count). The van der Waals surface area contributed by atoms with Crippen molar-refractivity contribution in [2.45, 2.75) is 76.0 Å². The topological polar surface area (TPSA) is 83.9 Å². The van der Waals surface area contributed by atoms with Crippen molar-refractivity contribution in [2.24, 2.45) is 5.92 Å². The number of hydrogen-bond acceptors (Lipinski definition) is 6. The van der Waals surface area contributed by atoms with E-state index in [1.54, 1.807) is 11.0 Å². The van der Waals surface area contributed by atoms with Crippen LogP contribution in [-0.2, 0) is 33.7 Å². The van der Waals surface area contributed by atoms with Gasteiger partial charge in [-0.2, -0.15) is 0 Å². The number of unbranched alkanes of at least 4 members (excludes halogenated alkanes) is 1. The minimum atomic E-state index is -2.92. The van der Waals surface area contributed by atoms with Crippen LogP contribution in [0.2, 0.25) is 0 Å². The molecule has 2 fully saturated rings. The van der Waals surface area contributed by atoms with Gasteiger partial charge in [0.05, 0.1) is 19.3 Å². The zero-order chi connectivity index (χ0) is 28.1. The van der Waals surface area contributed by atoms with Crippen molar-refractivity contribution in [1.29, 1.82) is 0 Å². The fourth-order valence-electron chi connectivity index (χ4n) is 6.06. The molecule has 40 heavy (non-hydrogen) atoms. The Labute approximate surface area is 233 Å². The molecular weight excluding hydrogens is 523 g/mol. The number of nitrogens with one attached hydrogen (secondary N) is 1. The number of halogens is 3. The predicted molar refractivity (Wildman–Crippen MR) is 144 cm³/mol. The lowest BCUT2D eigenvalue weighted by atomic mass is 9.94. The van der Waals surface area contributed by atoms with Crippen LogP contribution >= 0.6 is 0 Å². The number of carbonyl (C=O) groups is 1. The first kappa shape index (κ1) is 28.8. The van der Waals surface area contributed by atoms with Gasteiger partial charge in [-0.15, -0.1) is 0 Å².